The third-order valence-corrected chi connectivity index (χ3v) is 5.20. The lowest BCUT2D eigenvalue weighted by atomic mass is 10.0. The third kappa shape index (κ3) is 3.87. The fourth-order valence-electron chi connectivity index (χ4n) is 3.31. The number of nitrogens with zero attached hydrogens (tertiary/aromatic N) is 4. The lowest BCUT2D eigenvalue weighted by Gasteiger charge is -2.34. The van der Waals surface area contributed by atoms with Crippen molar-refractivity contribution >= 4 is 17.2 Å². The van der Waals surface area contributed by atoms with E-state index in [1.165, 1.54) is 17.4 Å². The molecule has 0 aliphatic carbocycles. The van der Waals surface area contributed by atoms with Gasteiger partial charge in [0.15, 0.2) is 17.4 Å². The lowest BCUT2D eigenvalue weighted by Crippen LogP contribution is -2.39. The molecule has 1 saturated heterocycles. The van der Waals surface area contributed by atoms with Gasteiger partial charge in [0.25, 0.3) is 5.91 Å². The molecule has 1 aliphatic rings. The van der Waals surface area contributed by atoms with Crippen LogP contribution < -0.4 is 4.74 Å². The highest BCUT2D eigenvalue weighted by Gasteiger charge is 2.32. The molecule has 0 N–H and O–H groups in total. The van der Waals surface area contributed by atoms with Crippen LogP contribution in [0.15, 0.2) is 41.2 Å². The zero-order valence-electron chi connectivity index (χ0n) is 15.3. The van der Waals surface area contributed by atoms with Crippen LogP contribution in [0.25, 0.3) is 0 Å². The first-order chi connectivity index (χ1) is 13.6. The predicted octanol–water partition coefficient (Wildman–Crippen LogP) is 4.54. The van der Waals surface area contributed by atoms with Gasteiger partial charge in [-0.25, -0.2) is 14.4 Å². The summed E-state index contributed by atoms with van der Waals surface area (Å²) in [6.45, 7) is 2.46. The number of rotatable bonds is 4. The van der Waals surface area contributed by atoms with Gasteiger partial charge in [-0.15, -0.1) is 11.3 Å². The van der Waals surface area contributed by atoms with Gasteiger partial charge in [-0.05, 0) is 38.3 Å². The standard InChI is InChI=1S/C20H19FN4O2S/c1-13-10-18(27-17-8-3-2-6-14(17)21)24-19(23-13)16-7-4-5-9-25(16)20(26)15-11-28-12-22-15/h2-3,6,8,10-12,16H,4-5,7,9H2,1H3. The average Bonchev–Trinajstić information content (AvgIpc) is 3.24. The number of aromatic nitrogens is 3. The molecule has 0 radical (unpaired) electrons. The van der Waals surface area contributed by atoms with Gasteiger partial charge in [-0.2, -0.15) is 4.98 Å². The second kappa shape index (κ2) is 8.02. The highest BCUT2D eigenvalue weighted by molar-refractivity contribution is 7.07. The number of carbonyl (C=O) groups is 1. The van der Waals surface area contributed by atoms with Crippen molar-refractivity contribution in [1.82, 2.24) is 19.9 Å². The van der Waals surface area contributed by atoms with E-state index in [1.807, 2.05) is 6.92 Å². The Kier molecular flexibility index (Phi) is 5.29. The Balaban J connectivity index is 1.64. The van der Waals surface area contributed by atoms with Crippen LogP contribution in [0.4, 0.5) is 4.39 Å². The van der Waals surface area contributed by atoms with Gasteiger partial charge in [0, 0.05) is 23.7 Å². The van der Waals surface area contributed by atoms with Gasteiger partial charge >= 0.3 is 0 Å². The van der Waals surface area contributed by atoms with Crippen molar-refractivity contribution in [2.45, 2.75) is 32.2 Å². The zero-order valence-corrected chi connectivity index (χ0v) is 16.2. The quantitative estimate of drug-likeness (QED) is 0.645. The molecule has 1 amide bonds. The van der Waals surface area contributed by atoms with Crippen LogP contribution in [0.2, 0.25) is 0 Å². The summed E-state index contributed by atoms with van der Waals surface area (Å²) in [6, 6.07) is 7.58. The Morgan fingerprint density at radius 2 is 2.14 bits per heavy atom. The van der Waals surface area contributed by atoms with Gasteiger partial charge in [0.1, 0.15) is 5.69 Å². The molecular formula is C20H19FN4O2S. The summed E-state index contributed by atoms with van der Waals surface area (Å²) in [6.07, 6.45) is 2.67. The summed E-state index contributed by atoms with van der Waals surface area (Å²) in [5, 5.41) is 1.75. The number of likely N-dealkylation sites (tertiary alicyclic amines) is 1. The van der Waals surface area contributed by atoms with Crippen LogP contribution in [-0.2, 0) is 0 Å². The first-order valence-corrected chi connectivity index (χ1v) is 10.0. The van der Waals surface area contributed by atoms with Gasteiger partial charge in [-0.3, -0.25) is 4.79 Å². The molecule has 6 nitrogen and oxygen atoms in total. The van der Waals surface area contributed by atoms with E-state index in [1.54, 1.807) is 40.1 Å². The van der Waals surface area contributed by atoms with Crippen LogP contribution >= 0.6 is 11.3 Å². The van der Waals surface area contributed by atoms with Crippen molar-refractivity contribution < 1.29 is 13.9 Å². The minimum Gasteiger partial charge on any atom is -0.436 e. The fraction of sp³-hybridized carbons (Fsp3) is 0.300. The Labute approximate surface area is 166 Å². The number of halogens is 1. The van der Waals surface area contributed by atoms with Crippen molar-refractivity contribution in [3.05, 3.63) is 64.3 Å². The van der Waals surface area contributed by atoms with E-state index in [0.29, 0.717) is 23.8 Å². The highest BCUT2D eigenvalue weighted by Crippen LogP contribution is 2.32. The molecule has 4 rings (SSSR count). The van der Waals surface area contributed by atoms with Crippen molar-refractivity contribution in [2.75, 3.05) is 6.54 Å². The largest absolute Gasteiger partial charge is 0.436 e. The minimum atomic E-state index is -0.460. The normalized spacial score (nSPS) is 16.8. The second-order valence-corrected chi connectivity index (χ2v) is 7.34. The van der Waals surface area contributed by atoms with Gasteiger partial charge in [-0.1, -0.05) is 12.1 Å². The zero-order chi connectivity index (χ0) is 19.5. The number of ether oxygens (including phenoxy) is 1. The number of amides is 1. The molecule has 0 bridgehead atoms. The van der Waals surface area contributed by atoms with E-state index in [9.17, 15) is 9.18 Å². The number of benzene rings is 1. The molecule has 3 aromatic rings. The smallest absolute Gasteiger partial charge is 0.273 e. The fourth-order valence-corrected chi connectivity index (χ4v) is 3.84. The molecule has 1 aliphatic heterocycles. The number of thiazole rings is 1. The highest BCUT2D eigenvalue weighted by atomic mass is 32.1. The summed E-state index contributed by atoms with van der Waals surface area (Å²) >= 11 is 1.39. The SMILES string of the molecule is Cc1cc(Oc2ccccc2F)nc(C2CCCCN2C(=O)c2cscn2)n1. The Morgan fingerprint density at radius 1 is 1.29 bits per heavy atom. The first kappa shape index (κ1) is 18.5. The third-order valence-electron chi connectivity index (χ3n) is 4.61. The maximum Gasteiger partial charge on any atom is 0.273 e. The van der Waals surface area contributed by atoms with Crippen LogP contribution in [0.3, 0.4) is 0 Å². The number of hydrogen-bond acceptors (Lipinski definition) is 6. The number of para-hydroxylation sites is 1. The first-order valence-electron chi connectivity index (χ1n) is 9.09. The van der Waals surface area contributed by atoms with Crippen LogP contribution in [0.5, 0.6) is 11.6 Å². The van der Waals surface area contributed by atoms with Crippen molar-refractivity contribution in [3.8, 4) is 11.6 Å². The van der Waals surface area contributed by atoms with E-state index < -0.39 is 5.82 Å². The minimum absolute atomic E-state index is 0.102. The molecule has 0 spiro atoms. The van der Waals surface area contributed by atoms with E-state index in [4.69, 9.17) is 4.74 Å². The Morgan fingerprint density at radius 3 is 2.93 bits per heavy atom. The van der Waals surface area contributed by atoms with Crippen molar-refractivity contribution in [3.63, 3.8) is 0 Å². The van der Waals surface area contributed by atoms with E-state index in [0.717, 1.165) is 19.3 Å². The molecule has 3 heterocycles. The maximum atomic E-state index is 13.9. The van der Waals surface area contributed by atoms with Crippen LogP contribution in [-0.4, -0.2) is 32.3 Å². The molecule has 144 valence electrons. The summed E-state index contributed by atoms with van der Waals surface area (Å²) in [5.74, 6) is 0.297. The second-order valence-electron chi connectivity index (χ2n) is 6.62. The van der Waals surface area contributed by atoms with E-state index in [-0.39, 0.29) is 23.6 Å². The molecular weight excluding hydrogens is 379 g/mol. The van der Waals surface area contributed by atoms with E-state index in [2.05, 4.69) is 15.0 Å². The number of carbonyl (C=O) groups excluding carboxylic acids is 1. The van der Waals surface area contributed by atoms with Gasteiger partial charge in [0.05, 0.1) is 11.6 Å². The monoisotopic (exact) mass is 398 g/mol. The lowest BCUT2D eigenvalue weighted by molar-refractivity contribution is 0.0593. The van der Waals surface area contributed by atoms with Crippen LogP contribution in [0, 0.1) is 12.7 Å². The average molecular weight is 398 g/mol. The number of hydrogen-bond donors (Lipinski definition) is 0. The van der Waals surface area contributed by atoms with Gasteiger partial charge < -0.3 is 9.64 Å². The van der Waals surface area contributed by atoms with Gasteiger partial charge in [0.2, 0.25) is 5.88 Å². The van der Waals surface area contributed by atoms with Crippen molar-refractivity contribution in [1.29, 1.82) is 0 Å². The number of piperidine rings is 1. The molecule has 1 atom stereocenters. The van der Waals surface area contributed by atoms with E-state index >= 15 is 0 Å². The molecule has 1 unspecified atom stereocenters. The molecule has 2 aromatic heterocycles. The Hall–Kier alpha value is -2.87. The molecule has 8 heteroatoms. The molecule has 1 aromatic carbocycles. The summed E-state index contributed by atoms with van der Waals surface area (Å²) < 4.78 is 19.6. The summed E-state index contributed by atoms with van der Waals surface area (Å²) in [5.41, 5.74) is 2.78. The summed E-state index contributed by atoms with van der Waals surface area (Å²) in [4.78, 5) is 27.8. The molecule has 0 saturated carbocycles. The predicted molar refractivity (Wildman–Crippen MR) is 103 cm³/mol. The van der Waals surface area contributed by atoms with Crippen LogP contribution in [0.1, 0.15) is 47.3 Å². The maximum absolute atomic E-state index is 13.9. The topological polar surface area (TPSA) is 68.2 Å². The van der Waals surface area contributed by atoms with Crippen molar-refractivity contribution in [2.24, 2.45) is 0 Å². The molecule has 1 fully saturated rings. The number of aryl methyl sites for hydroxylation is 1. The molecule has 28 heavy (non-hydrogen) atoms. The summed E-state index contributed by atoms with van der Waals surface area (Å²) in [7, 11) is 0. The Bertz CT molecular complexity index is 980.